The Hall–Kier alpha value is -2.08. The highest BCUT2D eigenvalue weighted by Gasteiger charge is 2.25. The molecule has 1 aliphatic rings. The number of hydrogen-bond donors (Lipinski definition) is 0. The molecule has 0 unspecified atom stereocenters. The quantitative estimate of drug-likeness (QED) is 0.824. The van der Waals surface area contributed by atoms with E-state index in [1.54, 1.807) is 12.4 Å². The van der Waals surface area contributed by atoms with Crippen molar-refractivity contribution in [3.8, 4) is 0 Å². The average molecular weight is 271 g/mol. The Balaban J connectivity index is 1.81. The highest BCUT2D eigenvalue weighted by molar-refractivity contribution is 5.30. The molecule has 0 spiro atoms. The second kappa shape index (κ2) is 5.50. The van der Waals surface area contributed by atoms with E-state index in [1.807, 2.05) is 26.0 Å². The molecule has 1 fully saturated rings. The second-order valence-electron chi connectivity index (χ2n) is 4.86. The molecule has 0 radical (unpaired) electrons. The van der Waals surface area contributed by atoms with Gasteiger partial charge in [0.1, 0.15) is 6.10 Å². The number of aromatic nitrogens is 4. The topological polar surface area (TPSA) is 64.0 Å². The normalized spacial score (nSPS) is 19.1. The molecular weight excluding hydrogens is 254 g/mol. The lowest BCUT2D eigenvalue weighted by Crippen LogP contribution is -2.40. The molecule has 0 saturated carbocycles. The van der Waals surface area contributed by atoms with Crippen molar-refractivity contribution < 1.29 is 4.74 Å². The summed E-state index contributed by atoms with van der Waals surface area (Å²) in [5.74, 6) is 1.47. The Labute approximate surface area is 117 Å². The van der Waals surface area contributed by atoms with Gasteiger partial charge in [-0.2, -0.15) is 0 Å². The van der Waals surface area contributed by atoms with Gasteiger partial charge in [-0.15, -0.1) is 0 Å². The summed E-state index contributed by atoms with van der Waals surface area (Å²) in [4.78, 5) is 19.6. The number of aryl methyl sites for hydroxylation is 2. The molecule has 2 aromatic heterocycles. The van der Waals surface area contributed by atoms with Crippen LogP contribution < -0.4 is 4.90 Å². The molecule has 0 bridgehead atoms. The molecule has 0 N–H and O–H groups in total. The van der Waals surface area contributed by atoms with Gasteiger partial charge in [0.05, 0.1) is 13.2 Å². The van der Waals surface area contributed by atoms with Crippen LogP contribution in [0, 0.1) is 13.8 Å². The molecule has 6 heteroatoms. The first-order valence-corrected chi connectivity index (χ1v) is 6.68. The van der Waals surface area contributed by atoms with E-state index in [4.69, 9.17) is 4.74 Å². The summed E-state index contributed by atoms with van der Waals surface area (Å²) in [6.45, 7) is 6.02. The molecule has 20 heavy (non-hydrogen) atoms. The Morgan fingerprint density at radius 3 is 2.55 bits per heavy atom. The van der Waals surface area contributed by atoms with Gasteiger partial charge in [0.2, 0.25) is 5.95 Å². The minimum Gasteiger partial charge on any atom is -0.367 e. The maximum Gasteiger partial charge on any atom is 0.225 e. The summed E-state index contributed by atoms with van der Waals surface area (Å²) < 4.78 is 5.80. The third kappa shape index (κ3) is 2.75. The maximum absolute atomic E-state index is 5.80. The zero-order chi connectivity index (χ0) is 13.9. The molecule has 0 aromatic carbocycles. The number of ether oxygens (including phenoxy) is 1. The van der Waals surface area contributed by atoms with E-state index < -0.39 is 0 Å². The first-order valence-electron chi connectivity index (χ1n) is 6.68. The molecule has 6 nitrogen and oxygen atoms in total. The average Bonchev–Trinajstić information content (AvgIpc) is 2.47. The summed E-state index contributed by atoms with van der Waals surface area (Å²) >= 11 is 0. The van der Waals surface area contributed by atoms with Crippen molar-refractivity contribution in [1.82, 2.24) is 19.9 Å². The van der Waals surface area contributed by atoms with Crippen LogP contribution in [0.1, 0.15) is 23.3 Å². The number of rotatable bonds is 2. The van der Waals surface area contributed by atoms with Crippen LogP contribution in [0.4, 0.5) is 5.95 Å². The molecule has 1 saturated heterocycles. The van der Waals surface area contributed by atoms with Crippen molar-refractivity contribution in [3.05, 3.63) is 41.7 Å². The zero-order valence-corrected chi connectivity index (χ0v) is 11.7. The van der Waals surface area contributed by atoms with Crippen LogP contribution in [0.15, 0.2) is 24.5 Å². The Kier molecular flexibility index (Phi) is 3.56. The van der Waals surface area contributed by atoms with Gasteiger partial charge >= 0.3 is 0 Å². The monoisotopic (exact) mass is 271 g/mol. The maximum atomic E-state index is 5.80. The molecule has 3 heterocycles. The van der Waals surface area contributed by atoms with E-state index in [0.717, 1.165) is 29.7 Å². The van der Waals surface area contributed by atoms with Crippen molar-refractivity contribution in [2.45, 2.75) is 20.0 Å². The van der Waals surface area contributed by atoms with Crippen molar-refractivity contribution in [3.63, 3.8) is 0 Å². The molecule has 104 valence electrons. The summed E-state index contributed by atoms with van der Waals surface area (Å²) in [6, 6.07) is 3.78. The molecule has 0 amide bonds. The molecule has 2 aromatic rings. The molecule has 1 aliphatic heterocycles. The van der Waals surface area contributed by atoms with E-state index in [1.165, 1.54) is 0 Å². The predicted octanol–water partition coefficient (Wildman–Crippen LogP) is 1.46. The van der Waals surface area contributed by atoms with Gasteiger partial charge in [-0.1, -0.05) is 0 Å². The summed E-state index contributed by atoms with van der Waals surface area (Å²) in [7, 11) is 0. The van der Waals surface area contributed by atoms with E-state index in [2.05, 4.69) is 24.8 Å². The van der Waals surface area contributed by atoms with Crippen molar-refractivity contribution in [2.75, 3.05) is 24.6 Å². The van der Waals surface area contributed by atoms with Crippen LogP contribution in [0.3, 0.4) is 0 Å². The van der Waals surface area contributed by atoms with Crippen LogP contribution in [0.2, 0.25) is 0 Å². The van der Waals surface area contributed by atoms with Crippen molar-refractivity contribution in [1.29, 1.82) is 0 Å². The number of hydrogen-bond acceptors (Lipinski definition) is 6. The summed E-state index contributed by atoms with van der Waals surface area (Å²) in [5, 5.41) is 0. The second-order valence-corrected chi connectivity index (χ2v) is 4.86. The zero-order valence-electron chi connectivity index (χ0n) is 11.7. The van der Waals surface area contributed by atoms with Crippen LogP contribution in [0.5, 0.6) is 0 Å². The molecule has 3 rings (SSSR count). The van der Waals surface area contributed by atoms with E-state index >= 15 is 0 Å². The van der Waals surface area contributed by atoms with Gasteiger partial charge in [-0.3, -0.25) is 0 Å². The smallest absolute Gasteiger partial charge is 0.225 e. The molecule has 0 aliphatic carbocycles. The van der Waals surface area contributed by atoms with Crippen LogP contribution >= 0.6 is 0 Å². The highest BCUT2D eigenvalue weighted by Crippen LogP contribution is 2.22. The third-order valence-corrected chi connectivity index (χ3v) is 3.19. The SMILES string of the molecule is Cc1cc(C)nc([C@H]2CN(c3ncccn3)CCO2)n1. The lowest BCUT2D eigenvalue weighted by atomic mass is 10.2. The predicted molar refractivity (Wildman–Crippen MR) is 74.4 cm³/mol. The first kappa shape index (κ1) is 12.9. The van der Waals surface area contributed by atoms with Crippen molar-refractivity contribution in [2.24, 2.45) is 0 Å². The van der Waals surface area contributed by atoms with Gasteiger partial charge in [-0.05, 0) is 26.0 Å². The molecule has 1 atom stereocenters. The highest BCUT2D eigenvalue weighted by atomic mass is 16.5. The van der Waals surface area contributed by atoms with Crippen LogP contribution in [-0.2, 0) is 4.74 Å². The van der Waals surface area contributed by atoms with Crippen LogP contribution in [-0.4, -0.2) is 39.6 Å². The minimum absolute atomic E-state index is 0.133. The van der Waals surface area contributed by atoms with Gasteiger partial charge in [0.15, 0.2) is 5.82 Å². The summed E-state index contributed by atoms with van der Waals surface area (Å²) in [5.41, 5.74) is 1.92. The van der Waals surface area contributed by atoms with Gasteiger partial charge < -0.3 is 9.64 Å². The number of anilines is 1. The first-order chi connectivity index (χ1) is 9.72. The standard InChI is InChI=1S/C14H17N5O/c1-10-8-11(2)18-13(17-10)12-9-19(6-7-20-12)14-15-4-3-5-16-14/h3-5,8,12H,6-7,9H2,1-2H3/t12-/m1/s1. The van der Waals surface area contributed by atoms with Crippen molar-refractivity contribution >= 4 is 5.95 Å². The minimum atomic E-state index is -0.133. The molecular formula is C14H17N5O. The van der Waals surface area contributed by atoms with Gasteiger partial charge in [-0.25, -0.2) is 19.9 Å². The van der Waals surface area contributed by atoms with Gasteiger partial charge in [0.25, 0.3) is 0 Å². The fourth-order valence-electron chi connectivity index (χ4n) is 2.34. The van der Waals surface area contributed by atoms with E-state index in [9.17, 15) is 0 Å². The van der Waals surface area contributed by atoms with Gasteiger partial charge in [0, 0.05) is 30.3 Å². The lowest BCUT2D eigenvalue weighted by Gasteiger charge is -2.32. The van der Waals surface area contributed by atoms with Crippen LogP contribution in [0.25, 0.3) is 0 Å². The Morgan fingerprint density at radius 2 is 1.85 bits per heavy atom. The van der Waals surface area contributed by atoms with E-state index in [-0.39, 0.29) is 6.10 Å². The Bertz CT molecular complexity index is 569. The fraction of sp³-hybridized carbons (Fsp3) is 0.429. The third-order valence-electron chi connectivity index (χ3n) is 3.19. The fourth-order valence-corrected chi connectivity index (χ4v) is 2.34. The lowest BCUT2D eigenvalue weighted by molar-refractivity contribution is 0.0332. The Morgan fingerprint density at radius 1 is 1.15 bits per heavy atom. The summed E-state index contributed by atoms with van der Waals surface area (Å²) in [6.07, 6.45) is 3.37. The number of morpholine rings is 1. The number of nitrogens with zero attached hydrogens (tertiary/aromatic N) is 5. The van der Waals surface area contributed by atoms with E-state index in [0.29, 0.717) is 13.2 Å². The largest absolute Gasteiger partial charge is 0.367 e.